The molecule has 0 radical (unpaired) electrons. The molecule has 1 nitrogen and oxygen atoms in total. The van der Waals surface area contributed by atoms with Crippen LogP contribution in [0.3, 0.4) is 0 Å². The largest absolute Gasteiger partial charge is 0.387 e. The molecule has 0 aliphatic carbocycles. The first-order chi connectivity index (χ1) is 6.77. The van der Waals surface area contributed by atoms with Crippen molar-refractivity contribution in [1.29, 1.82) is 0 Å². The number of hydrogen-bond donors (Lipinski definition) is 1. The van der Waals surface area contributed by atoms with E-state index in [1.165, 1.54) is 5.56 Å². The van der Waals surface area contributed by atoms with E-state index in [0.29, 0.717) is 0 Å². The molecule has 0 bridgehead atoms. The molecule has 0 aromatic carbocycles. The maximum absolute atomic E-state index is 9.97. The zero-order chi connectivity index (χ0) is 9.97. The molecule has 0 aliphatic heterocycles. The molecule has 74 valence electrons. The molecule has 2 heterocycles. The normalized spacial score (nSPS) is 13.0. The molecule has 4 heteroatoms. The van der Waals surface area contributed by atoms with E-state index in [1.807, 2.05) is 16.8 Å². The molecular formula is C10H9IOS2. The highest BCUT2D eigenvalue weighted by Crippen LogP contribution is 2.28. The molecular weight excluding hydrogens is 327 g/mol. The van der Waals surface area contributed by atoms with Gasteiger partial charge in [-0.1, -0.05) is 0 Å². The van der Waals surface area contributed by atoms with Crippen molar-refractivity contribution in [3.8, 4) is 0 Å². The molecule has 0 spiro atoms. The number of halogens is 1. The fraction of sp³-hybridized carbons (Fsp3) is 0.200. The fourth-order valence-electron chi connectivity index (χ4n) is 1.27. The summed E-state index contributed by atoms with van der Waals surface area (Å²) in [6.45, 7) is 0. The van der Waals surface area contributed by atoms with Crippen LogP contribution in [0.25, 0.3) is 0 Å². The van der Waals surface area contributed by atoms with Crippen molar-refractivity contribution in [3.63, 3.8) is 0 Å². The minimum absolute atomic E-state index is 0.350. The van der Waals surface area contributed by atoms with Crippen LogP contribution in [0.5, 0.6) is 0 Å². The topological polar surface area (TPSA) is 20.2 Å². The number of rotatable bonds is 3. The van der Waals surface area contributed by atoms with E-state index in [9.17, 15) is 5.11 Å². The van der Waals surface area contributed by atoms with Gasteiger partial charge in [-0.15, -0.1) is 11.3 Å². The zero-order valence-electron chi connectivity index (χ0n) is 7.31. The molecule has 2 aromatic heterocycles. The SMILES string of the molecule is OC(Cc1ccsc1)c1sccc1I. The number of aliphatic hydroxyl groups is 1. The molecule has 0 amide bonds. The third-order valence-electron chi connectivity index (χ3n) is 1.96. The van der Waals surface area contributed by atoms with Crippen LogP contribution in [-0.2, 0) is 6.42 Å². The van der Waals surface area contributed by atoms with Gasteiger partial charge in [0, 0.05) is 14.9 Å². The van der Waals surface area contributed by atoms with Crippen molar-refractivity contribution >= 4 is 45.3 Å². The Bertz CT molecular complexity index is 394. The van der Waals surface area contributed by atoms with E-state index in [2.05, 4.69) is 34.0 Å². The fourth-order valence-corrected chi connectivity index (χ4v) is 3.89. The van der Waals surface area contributed by atoms with Crippen molar-refractivity contribution < 1.29 is 5.11 Å². The van der Waals surface area contributed by atoms with Crippen LogP contribution in [0.1, 0.15) is 16.5 Å². The molecule has 1 atom stereocenters. The lowest BCUT2D eigenvalue weighted by molar-refractivity contribution is 0.181. The monoisotopic (exact) mass is 336 g/mol. The number of hydrogen-bond acceptors (Lipinski definition) is 3. The lowest BCUT2D eigenvalue weighted by Gasteiger charge is -2.07. The molecule has 1 unspecified atom stereocenters. The highest BCUT2D eigenvalue weighted by Gasteiger charge is 2.13. The second-order valence-electron chi connectivity index (χ2n) is 2.98. The average Bonchev–Trinajstić information content (AvgIpc) is 2.75. The van der Waals surface area contributed by atoms with E-state index in [4.69, 9.17) is 0 Å². The predicted octanol–water partition coefficient (Wildman–Crippen LogP) is 3.69. The third kappa shape index (κ3) is 2.36. The summed E-state index contributed by atoms with van der Waals surface area (Å²) in [5, 5.41) is 16.1. The van der Waals surface area contributed by atoms with Crippen molar-refractivity contribution in [1.82, 2.24) is 0 Å². The second kappa shape index (κ2) is 4.74. The molecule has 0 aliphatic rings. The first kappa shape index (κ1) is 10.6. The van der Waals surface area contributed by atoms with E-state index in [1.54, 1.807) is 22.7 Å². The van der Waals surface area contributed by atoms with Crippen LogP contribution in [0, 0.1) is 3.57 Å². The van der Waals surface area contributed by atoms with Gasteiger partial charge < -0.3 is 5.11 Å². The minimum atomic E-state index is -0.350. The van der Waals surface area contributed by atoms with Crippen LogP contribution in [-0.4, -0.2) is 5.11 Å². The molecule has 2 rings (SSSR count). The Kier molecular flexibility index (Phi) is 3.59. The van der Waals surface area contributed by atoms with Gasteiger partial charge in [-0.2, -0.15) is 11.3 Å². The molecule has 2 aromatic rings. The van der Waals surface area contributed by atoms with Crippen LogP contribution in [0.15, 0.2) is 28.3 Å². The Morgan fingerprint density at radius 3 is 2.79 bits per heavy atom. The van der Waals surface area contributed by atoms with E-state index >= 15 is 0 Å². The molecule has 0 fully saturated rings. The average molecular weight is 336 g/mol. The molecule has 14 heavy (non-hydrogen) atoms. The van der Waals surface area contributed by atoms with Crippen LogP contribution in [0.2, 0.25) is 0 Å². The van der Waals surface area contributed by atoms with Gasteiger partial charge in [0.15, 0.2) is 0 Å². The summed E-state index contributed by atoms with van der Waals surface area (Å²) < 4.78 is 1.16. The summed E-state index contributed by atoms with van der Waals surface area (Å²) >= 11 is 5.56. The standard InChI is InChI=1S/C10H9IOS2/c11-8-2-4-14-10(8)9(12)5-7-1-3-13-6-7/h1-4,6,9,12H,5H2. The number of aliphatic hydroxyl groups excluding tert-OH is 1. The Labute approximate surface area is 105 Å². The highest BCUT2D eigenvalue weighted by molar-refractivity contribution is 14.1. The van der Waals surface area contributed by atoms with Crippen LogP contribution in [0.4, 0.5) is 0 Å². The van der Waals surface area contributed by atoms with Crippen molar-refractivity contribution in [2.24, 2.45) is 0 Å². The maximum atomic E-state index is 9.97. The lowest BCUT2D eigenvalue weighted by atomic mass is 10.1. The smallest absolute Gasteiger partial charge is 0.0933 e. The summed E-state index contributed by atoms with van der Waals surface area (Å²) in [6.07, 6.45) is 0.372. The van der Waals surface area contributed by atoms with Gasteiger partial charge in [-0.05, 0) is 56.4 Å². The second-order valence-corrected chi connectivity index (χ2v) is 5.87. The third-order valence-corrected chi connectivity index (χ3v) is 5.01. The van der Waals surface area contributed by atoms with Gasteiger partial charge in [-0.25, -0.2) is 0 Å². The first-order valence-electron chi connectivity index (χ1n) is 4.19. The lowest BCUT2D eigenvalue weighted by Crippen LogP contribution is -1.99. The minimum Gasteiger partial charge on any atom is -0.387 e. The Hall–Kier alpha value is 0.0900. The van der Waals surface area contributed by atoms with Crippen molar-refractivity contribution in [3.05, 3.63) is 42.3 Å². The summed E-state index contributed by atoms with van der Waals surface area (Å²) in [7, 11) is 0. The molecule has 0 saturated heterocycles. The van der Waals surface area contributed by atoms with Gasteiger partial charge >= 0.3 is 0 Å². The Morgan fingerprint density at radius 1 is 1.36 bits per heavy atom. The summed E-state index contributed by atoms with van der Waals surface area (Å²) in [6, 6.07) is 4.10. The van der Waals surface area contributed by atoms with Gasteiger partial charge in [0.05, 0.1) is 6.10 Å². The summed E-state index contributed by atoms with van der Waals surface area (Å²) in [4.78, 5) is 1.08. The summed E-state index contributed by atoms with van der Waals surface area (Å²) in [5.41, 5.74) is 1.21. The quantitative estimate of drug-likeness (QED) is 0.848. The van der Waals surface area contributed by atoms with Gasteiger partial charge in [0.1, 0.15) is 0 Å². The van der Waals surface area contributed by atoms with E-state index in [0.717, 1.165) is 14.9 Å². The Morgan fingerprint density at radius 2 is 2.21 bits per heavy atom. The Balaban J connectivity index is 2.10. The van der Waals surface area contributed by atoms with E-state index < -0.39 is 0 Å². The first-order valence-corrected chi connectivity index (χ1v) is 7.09. The van der Waals surface area contributed by atoms with Crippen molar-refractivity contribution in [2.45, 2.75) is 12.5 Å². The molecule has 1 N–H and O–H groups in total. The van der Waals surface area contributed by atoms with Gasteiger partial charge in [0.2, 0.25) is 0 Å². The predicted molar refractivity (Wildman–Crippen MR) is 70.0 cm³/mol. The van der Waals surface area contributed by atoms with Crippen LogP contribution < -0.4 is 0 Å². The zero-order valence-corrected chi connectivity index (χ0v) is 11.1. The summed E-state index contributed by atoms with van der Waals surface area (Å²) in [5.74, 6) is 0. The number of thiophene rings is 2. The maximum Gasteiger partial charge on any atom is 0.0933 e. The van der Waals surface area contributed by atoms with Crippen LogP contribution >= 0.6 is 45.3 Å². The highest BCUT2D eigenvalue weighted by atomic mass is 127. The van der Waals surface area contributed by atoms with Crippen molar-refractivity contribution in [2.75, 3.05) is 0 Å². The van der Waals surface area contributed by atoms with E-state index in [-0.39, 0.29) is 6.10 Å². The van der Waals surface area contributed by atoms with Gasteiger partial charge in [0.25, 0.3) is 0 Å². The molecule has 0 saturated carbocycles. The van der Waals surface area contributed by atoms with Gasteiger partial charge in [-0.3, -0.25) is 0 Å².